The molecule has 1 aliphatic carbocycles. The highest BCUT2D eigenvalue weighted by atomic mass is 32.1. The molecule has 0 fully saturated rings. The Morgan fingerprint density at radius 3 is 3.25 bits per heavy atom. The SMILES string of the molecule is OCCC1=CCCc2sccc21. The van der Waals surface area contributed by atoms with E-state index in [1.54, 1.807) is 0 Å². The summed E-state index contributed by atoms with van der Waals surface area (Å²) >= 11 is 1.83. The van der Waals surface area contributed by atoms with Crippen molar-refractivity contribution in [2.45, 2.75) is 19.3 Å². The van der Waals surface area contributed by atoms with Crippen LogP contribution in [-0.2, 0) is 6.42 Å². The number of hydrogen-bond acceptors (Lipinski definition) is 2. The Kier molecular flexibility index (Phi) is 2.28. The number of thiophene rings is 1. The molecule has 1 aromatic rings. The molecule has 0 aliphatic heterocycles. The molecule has 12 heavy (non-hydrogen) atoms. The molecule has 1 aliphatic rings. The molecule has 0 unspecified atom stereocenters. The maximum Gasteiger partial charge on any atom is 0.0471 e. The first-order valence-electron chi connectivity index (χ1n) is 4.28. The summed E-state index contributed by atoms with van der Waals surface area (Å²) in [4.78, 5) is 1.49. The molecule has 1 N–H and O–H groups in total. The summed E-state index contributed by atoms with van der Waals surface area (Å²) in [5, 5.41) is 11.0. The number of rotatable bonds is 2. The minimum atomic E-state index is 0.265. The highest BCUT2D eigenvalue weighted by Crippen LogP contribution is 2.31. The third kappa shape index (κ3) is 1.32. The summed E-state index contributed by atoms with van der Waals surface area (Å²) in [5.41, 5.74) is 2.71. The fraction of sp³-hybridized carbons (Fsp3) is 0.400. The number of allylic oxidation sites excluding steroid dienone is 1. The van der Waals surface area contributed by atoms with Gasteiger partial charge >= 0.3 is 0 Å². The van der Waals surface area contributed by atoms with Crippen LogP contribution < -0.4 is 0 Å². The zero-order chi connectivity index (χ0) is 8.39. The van der Waals surface area contributed by atoms with Crippen LogP contribution in [0.15, 0.2) is 17.5 Å². The lowest BCUT2D eigenvalue weighted by Gasteiger charge is -2.12. The van der Waals surface area contributed by atoms with E-state index in [1.165, 1.54) is 22.4 Å². The second kappa shape index (κ2) is 3.42. The van der Waals surface area contributed by atoms with E-state index in [9.17, 15) is 0 Å². The summed E-state index contributed by atoms with van der Waals surface area (Å²) in [5.74, 6) is 0. The van der Waals surface area contributed by atoms with E-state index in [1.807, 2.05) is 11.3 Å². The second-order valence-electron chi connectivity index (χ2n) is 3.00. The standard InChI is InChI=1S/C10H12OS/c11-6-4-8-2-1-3-10-9(8)5-7-12-10/h2,5,7,11H,1,3-4,6H2. The van der Waals surface area contributed by atoms with E-state index in [0.717, 1.165) is 12.8 Å². The van der Waals surface area contributed by atoms with Gasteiger partial charge in [0.05, 0.1) is 0 Å². The molecule has 0 atom stereocenters. The highest BCUT2D eigenvalue weighted by Gasteiger charge is 2.12. The van der Waals surface area contributed by atoms with Crippen LogP contribution in [0, 0.1) is 0 Å². The molecule has 2 rings (SSSR count). The third-order valence-corrected chi connectivity index (χ3v) is 3.22. The lowest BCUT2D eigenvalue weighted by Crippen LogP contribution is -1.96. The van der Waals surface area contributed by atoms with Crippen molar-refractivity contribution in [1.82, 2.24) is 0 Å². The molecule has 0 amide bonds. The van der Waals surface area contributed by atoms with Crippen molar-refractivity contribution in [1.29, 1.82) is 0 Å². The molecular formula is C10H12OS. The normalized spacial score (nSPS) is 15.6. The largest absolute Gasteiger partial charge is 0.396 e. The predicted octanol–water partition coefficient (Wildman–Crippen LogP) is 2.46. The molecule has 0 aromatic carbocycles. The number of aryl methyl sites for hydroxylation is 1. The average Bonchev–Trinajstić information content (AvgIpc) is 2.53. The summed E-state index contributed by atoms with van der Waals surface area (Å²) < 4.78 is 0. The molecule has 1 nitrogen and oxygen atoms in total. The minimum Gasteiger partial charge on any atom is -0.396 e. The smallest absolute Gasteiger partial charge is 0.0471 e. The van der Waals surface area contributed by atoms with Gasteiger partial charge in [-0.15, -0.1) is 11.3 Å². The fourth-order valence-corrected chi connectivity index (χ4v) is 2.60. The Balaban J connectivity index is 2.30. The van der Waals surface area contributed by atoms with Crippen molar-refractivity contribution in [3.63, 3.8) is 0 Å². The summed E-state index contributed by atoms with van der Waals surface area (Å²) in [6.07, 6.45) is 5.39. The Hall–Kier alpha value is -0.600. The third-order valence-electron chi connectivity index (χ3n) is 2.23. The van der Waals surface area contributed by atoms with Gasteiger partial charge in [-0.2, -0.15) is 0 Å². The number of fused-ring (bicyclic) bond motifs is 1. The van der Waals surface area contributed by atoms with Crippen molar-refractivity contribution in [3.8, 4) is 0 Å². The van der Waals surface area contributed by atoms with Gasteiger partial charge in [-0.1, -0.05) is 6.08 Å². The van der Waals surface area contributed by atoms with Crippen molar-refractivity contribution >= 4 is 16.9 Å². The van der Waals surface area contributed by atoms with E-state index in [2.05, 4.69) is 17.5 Å². The molecule has 1 aromatic heterocycles. The van der Waals surface area contributed by atoms with Crippen LogP contribution in [-0.4, -0.2) is 11.7 Å². The Morgan fingerprint density at radius 1 is 1.50 bits per heavy atom. The van der Waals surface area contributed by atoms with E-state index >= 15 is 0 Å². The van der Waals surface area contributed by atoms with Gasteiger partial charge in [0.25, 0.3) is 0 Å². The van der Waals surface area contributed by atoms with Crippen LogP contribution in [0.2, 0.25) is 0 Å². The van der Waals surface area contributed by atoms with Crippen molar-refractivity contribution in [2.24, 2.45) is 0 Å². The van der Waals surface area contributed by atoms with Gasteiger partial charge in [0.2, 0.25) is 0 Å². The molecule has 0 spiro atoms. The number of aliphatic hydroxyl groups is 1. The van der Waals surface area contributed by atoms with Gasteiger partial charge in [0.15, 0.2) is 0 Å². The first-order valence-corrected chi connectivity index (χ1v) is 5.16. The second-order valence-corrected chi connectivity index (χ2v) is 4.00. The number of aliphatic hydroxyl groups excluding tert-OH is 1. The topological polar surface area (TPSA) is 20.2 Å². The van der Waals surface area contributed by atoms with E-state index in [0.29, 0.717) is 0 Å². The predicted molar refractivity (Wildman–Crippen MR) is 52.3 cm³/mol. The highest BCUT2D eigenvalue weighted by molar-refractivity contribution is 7.10. The molecule has 2 heteroatoms. The van der Waals surface area contributed by atoms with Crippen LogP contribution in [0.25, 0.3) is 5.57 Å². The van der Waals surface area contributed by atoms with Gasteiger partial charge in [0.1, 0.15) is 0 Å². The number of hydrogen-bond donors (Lipinski definition) is 1. The van der Waals surface area contributed by atoms with Crippen molar-refractivity contribution in [2.75, 3.05) is 6.61 Å². The Labute approximate surface area is 76.4 Å². The van der Waals surface area contributed by atoms with Gasteiger partial charge < -0.3 is 5.11 Å². The maximum atomic E-state index is 8.84. The summed E-state index contributed by atoms with van der Waals surface area (Å²) in [6, 6.07) is 2.17. The molecule has 64 valence electrons. The summed E-state index contributed by atoms with van der Waals surface area (Å²) in [7, 11) is 0. The van der Waals surface area contributed by atoms with Crippen LogP contribution in [0.5, 0.6) is 0 Å². The summed E-state index contributed by atoms with van der Waals surface area (Å²) in [6.45, 7) is 0.265. The van der Waals surface area contributed by atoms with Gasteiger partial charge in [-0.05, 0) is 41.8 Å². The van der Waals surface area contributed by atoms with Gasteiger partial charge in [-0.3, -0.25) is 0 Å². The molecule has 0 bridgehead atoms. The van der Waals surface area contributed by atoms with Gasteiger partial charge in [0, 0.05) is 11.5 Å². The minimum absolute atomic E-state index is 0.265. The lowest BCUT2D eigenvalue weighted by molar-refractivity contribution is 0.305. The fourth-order valence-electron chi connectivity index (χ4n) is 1.66. The Bertz CT molecular complexity index is 299. The molecule has 0 saturated heterocycles. The van der Waals surface area contributed by atoms with E-state index in [4.69, 9.17) is 5.11 Å². The molecule has 0 radical (unpaired) electrons. The molecule has 1 heterocycles. The quantitative estimate of drug-likeness (QED) is 0.741. The Morgan fingerprint density at radius 2 is 2.42 bits per heavy atom. The van der Waals surface area contributed by atoms with Crippen LogP contribution in [0.3, 0.4) is 0 Å². The zero-order valence-electron chi connectivity index (χ0n) is 6.92. The first-order chi connectivity index (χ1) is 5.92. The van der Waals surface area contributed by atoms with E-state index < -0.39 is 0 Å². The monoisotopic (exact) mass is 180 g/mol. The van der Waals surface area contributed by atoms with Crippen LogP contribution in [0.4, 0.5) is 0 Å². The molecule has 0 saturated carbocycles. The van der Waals surface area contributed by atoms with Crippen molar-refractivity contribution < 1.29 is 5.11 Å². The lowest BCUT2D eigenvalue weighted by atomic mass is 9.96. The van der Waals surface area contributed by atoms with Crippen LogP contribution >= 0.6 is 11.3 Å². The molecular weight excluding hydrogens is 168 g/mol. The van der Waals surface area contributed by atoms with Crippen LogP contribution in [0.1, 0.15) is 23.3 Å². The first kappa shape index (κ1) is 8.02. The van der Waals surface area contributed by atoms with Crippen molar-refractivity contribution in [3.05, 3.63) is 28.0 Å². The zero-order valence-corrected chi connectivity index (χ0v) is 7.73. The maximum absolute atomic E-state index is 8.84. The van der Waals surface area contributed by atoms with Gasteiger partial charge in [-0.25, -0.2) is 0 Å². The van der Waals surface area contributed by atoms with E-state index in [-0.39, 0.29) is 6.61 Å². The average molecular weight is 180 g/mol.